The van der Waals surface area contributed by atoms with E-state index in [2.05, 4.69) is 22.3 Å². The van der Waals surface area contributed by atoms with E-state index >= 15 is 0 Å². The highest BCUT2D eigenvalue weighted by molar-refractivity contribution is 5.74. The lowest BCUT2D eigenvalue weighted by atomic mass is 10.1. The number of aromatic nitrogens is 2. The van der Waals surface area contributed by atoms with E-state index in [1.807, 2.05) is 18.2 Å². The number of nitrogens with one attached hydrogen (secondary N) is 1. The lowest BCUT2D eigenvalue weighted by Crippen LogP contribution is -2.18. The van der Waals surface area contributed by atoms with Gasteiger partial charge in [0.05, 0.1) is 0 Å². The number of rotatable bonds is 7. The molecule has 20 heavy (non-hydrogen) atoms. The van der Waals surface area contributed by atoms with Gasteiger partial charge in [-0.25, -0.2) is 5.48 Å². The van der Waals surface area contributed by atoms with Gasteiger partial charge in [-0.1, -0.05) is 35.5 Å². The molecule has 1 aromatic heterocycles. The second-order valence-electron chi connectivity index (χ2n) is 4.48. The molecule has 2 aromatic rings. The molecule has 6 nitrogen and oxygen atoms in total. The molecule has 2 rings (SSSR count). The Labute approximate surface area is 116 Å². The van der Waals surface area contributed by atoms with E-state index in [9.17, 15) is 4.79 Å². The van der Waals surface area contributed by atoms with E-state index in [1.54, 1.807) is 5.48 Å². The molecule has 1 aromatic carbocycles. The molecule has 6 heteroatoms. The summed E-state index contributed by atoms with van der Waals surface area (Å²) in [7, 11) is 0. The van der Waals surface area contributed by atoms with Gasteiger partial charge in [0.2, 0.25) is 11.8 Å². The van der Waals surface area contributed by atoms with Gasteiger partial charge < -0.3 is 4.52 Å². The highest BCUT2D eigenvalue weighted by Crippen LogP contribution is 2.07. The van der Waals surface area contributed by atoms with Crippen LogP contribution in [0.1, 0.15) is 30.1 Å². The summed E-state index contributed by atoms with van der Waals surface area (Å²) < 4.78 is 5.11. The number of benzene rings is 1. The Kier molecular flexibility index (Phi) is 5.25. The summed E-state index contributed by atoms with van der Waals surface area (Å²) in [6, 6.07) is 10.1. The van der Waals surface area contributed by atoms with Crippen LogP contribution < -0.4 is 5.48 Å². The molecule has 2 N–H and O–H groups in total. The fourth-order valence-electron chi connectivity index (χ4n) is 1.85. The molecule has 0 aliphatic rings. The molecule has 0 saturated heterocycles. The van der Waals surface area contributed by atoms with Crippen molar-refractivity contribution in [2.45, 2.75) is 32.1 Å². The Balaban J connectivity index is 1.76. The summed E-state index contributed by atoms with van der Waals surface area (Å²) in [6.07, 6.45) is 2.92. The van der Waals surface area contributed by atoms with E-state index in [1.165, 1.54) is 5.56 Å². The Morgan fingerprint density at radius 2 is 2.00 bits per heavy atom. The standard InChI is InChI=1S/C14H17N3O3/c18-13(16-19)7-4-8-14-15-12(17-20-14)10-9-11-5-2-1-3-6-11/h1-3,5-6,19H,4,7-10H2,(H,16,18). The Hall–Kier alpha value is -2.21. The van der Waals surface area contributed by atoms with Crippen molar-refractivity contribution in [1.82, 2.24) is 15.6 Å². The molecule has 0 fully saturated rings. The number of nitrogens with zero attached hydrogens (tertiary/aromatic N) is 2. The largest absolute Gasteiger partial charge is 0.339 e. The van der Waals surface area contributed by atoms with Crippen molar-refractivity contribution < 1.29 is 14.5 Å². The first-order valence-corrected chi connectivity index (χ1v) is 6.56. The molecule has 0 spiro atoms. The Morgan fingerprint density at radius 3 is 2.75 bits per heavy atom. The minimum Gasteiger partial charge on any atom is -0.339 e. The van der Waals surface area contributed by atoms with Crippen molar-refractivity contribution in [3.63, 3.8) is 0 Å². The summed E-state index contributed by atoms with van der Waals surface area (Å²) in [6.45, 7) is 0. The monoisotopic (exact) mass is 275 g/mol. The molecule has 0 atom stereocenters. The van der Waals surface area contributed by atoms with Gasteiger partial charge in [-0.15, -0.1) is 0 Å². The molecule has 0 aliphatic carbocycles. The van der Waals surface area contributed by atoms with Crippen LogP contribution in [0, 0.1) is 0 Å². The van der Waals surface area contributed by atoms with Crippen molar-refractivity contribution in [1.29, 1.82) is 0 Å². The topological polar surface area (TPSA) is 88.2 Å². The normalized spacial score (nSPS) is 10.4. The fraction of sp³-hybridized carbons (Fsp3) is 0.357. The first-order valence-electron chi connectivity index (χ1n) is 6.56. The van der Waals surface area contributed by atoms with Crippen LogP contribution in [-0.2, 0) is 24.1 Å². The number of hydroxylamine groups is 1. The van der Waals surface area contributed by atoms with Crippen LogP contribution >= 0.6 is 0 Å². The van der Waals surface area contributed by atoms with Gasteiger partial charge in [-0.3, -0.25) is 10.0 Å². The zero-order valence-corrected chi connectivity index (χ0v) is 11.1. The third-order valence-electron chi connectivity index (χ3n) is 2.91. The molecule has 1 amide bonds. The van der Waals surface area contributed by atoms with Crippen LogP contribution in [0.25, 0.3) is 0 Å². The fourth-order valence-corrected chi connectivity index (χ4v) is 1.85. The van der Waals surface area contributed by atoms with Crippen molar-refractivity contribution in [2.75, 3.05) is 0 Å². The Bertz CT molecular complexity index is 540. The predicted octanol–water partition coefficient (Wildman–Crippen LogP) is 1.68. The summed E-state index contributed by atoms with van der Waals surface area (Å²) >= 11 is 0. The maximum absolute atomic E-state index is 10.8. The Morgan fingerprint density at radius 1 is 1.20 bits per heavy atom. The maximum atomic E-state index is 10.8. The van der Waals surface area contributed by atoms with Gasteiger partial charge in [0.25, 0.3) is 0 Å². The number of hydrogen-bond acceptors (Lipinski definition) is 5. The lowest BCUT2D eigenvalue weighted by molar-refractivity contribution is -0.129. The van der Waals surface area contributed by atoms with Crippen LogP contribution in [-0.4, -0.2) is 21.3 Å². The van der Waals surface area contributed by atoms with E-state index in [0.717, 1.165) is 12.8 Å². The maximum Gasteiger partial charge on any atom is 0.243 e. The first kappa shape index (κ1) is 14.2. The average Bonchev–Trinajstić information content (AvgIpc) is 2.94. The van der Waals surface area contributed by atoms with Crippen LogP contribution in [0.15, 0.2) is 34.9 Å². The van der Waals surface area contributed by atoms with Crippen molar-refractivity contribution >= 4 is 5.91 Å². The second-order valence-corrected chi connectivity index (χ2v) is 4.48. The third-order valence-corrected chi connectivity index (χ3v) is 2.91. The van der Waals surface area contributed by atoms with Crippen LogP contribution in [0.4, 0.5) is 0 Å². The van der Waals surface area contributed by atoms with Crippen LogP contribution in [0.3, 0.4) is 0 Å². The quantitative estimate of drug-likeness (QED) is 0.593. The molecule has 0 bridgehead atoms. The highest BCUT2D eigenvalue weighted by Gasteiger charge is 2.07. The van der Waals surface area contributed by atoms with Gasteiger partial charge in [-0.2, -0.15) is 4.98 Å². The summed E-state index contributed by atoms with van der Waals surface area (Å²) in [5.74, 6) is 0.795. The number of carbonyl (C=O) groups is 1. The summed E-state index contributed by atoms with van der Waals surface area (Å²) in [4.78, 5) is 15.1. The van der Waals surface area contributed by atoms with E-state index in [-0.39, 0.29) is 6.42 Å². The van der Waals surface area contributed by atoms with Crippen molar-refractivity contribution in [3.05, 3.63) is 47.6 Å². The number of amides is 1. The lowest BCUT2D eigenvalue weighted by Gasteiger charge is -1.96. The highest BCUT2D eigenvalue weighted by atomic mass is 16.5. The van der Waals surface area contributed by atoms with E-state index in [0.29, 0.717) is 24.6 Å². The SMILES string of the molecule is O=C(CCCc1nc(CCc2ccccc2)no1)NO. The zero-order chi connectivity index (χ0) is 14.2. The minimum absolute atomic E-state index is 0.234. The average molecular weight is 275 g/mol. The molecule has 0 saturated carbocycles. The van der Waals surface area contributed by atoms with Gasteiger partial charge >= 0.3 is 0 Å². The minimum atomic E-state index is -0.409. The van der Waals surface area contributed by atoms with Gasteiger partial charge in [-0.05, 0) is 18.4 Å². The van der Waals surface area contributed by atoms with Gasteiger partial charge in [0.1, 0.15) is 0 Å². The van der Waals surface area contributed by atoms with Crippen LogP contribution in [0.5, 0.6) is 0 Å². The number of carbonyl (C=O) groups excluding carboxylic acids is 1. The molecule has 1 heterocycles. The summed E-state index contributed by atoms with van der Waals surface area (Å²) in [5.41, 5.74) is 2.82. The molecular weight excluding hydrogens is 258 g/mol. The van der Waals surface area contributed by atoms with E-state index in [4.69, 9.17) is 9.73 Å². The third kappa shape index (κ3) is 4.47. The van der Waals surface area contributed by atoms with Crippen LogP contribution in [0.2, 0.25) is 0 Å². The smallest absolute Gasteiger partial charge is 0.243 e. The zero-order valence-electron chi connectivity index (χ0n) is 11.1. The predicted molar refractivity (Wildman–Crippen MR) is 71.0 cm³/mol. The summed E-state index contributed by atoms with van der Waals surface area (Å²) in [5, 5.41) is 12.3. The van der Waals surface area contributed by atoms with Gasteiger partial charge in [0.15, 0.2) is 5.82 Å². The second kappa shape index (κ2) is 7.40. The van der Waals surface area contributed by atoms with Gasteiger partial charge in [0, 0.05) is 19.3 Å². The van der Waals surface area contributed by atoms with Crippen molar-refractivity contribution in [3.8, 4) is 0 Å². The molecule has 106 valence electrons. The van der Waals surface area contributed by atoms with Crippen molar-refractivity contribution in [2.24, 2.45) is 0 Å². The molecule has 0 unspecified atom stereocenters. The first-order chi connectivity index (χ1) is 9.78. The van der Waals surface area contributed by atoms with E-state index < -0.39 is 5.91 Å². The number of aryl methyl sites for hydroxylation is 3. The molecule has 0 aliphatic heterocycles. The number of hydrogen-bond donors (Lipinski definition) is 2. The molecule has 0 radical (unpaired) electrons. The molecular formula is C14H17N3O3.